The molecule has 0 unspecified atom stereocenters. The third-order valence-corrected chi connectivity index (χ3v) is 6.10. The Hall–Kier alpha value is -3.76. The predicted octanol–water partition coefficient (Wildman–Crippen LogP) is 3.32. The first-order chi connectivity index (χ1) is 19.8. The van der Waals surface area contributed by atoms with Crippen LogP contribution in [0.1, 0.15) is 30.4 Å². The number of rotatable bonds is 6. The molecular formula is C25H26F6N5O6P. The number of amides is 2. The number of nitrogens with one attached hydrogen (secondary N) is 1. The third-order valence-electron chi connectivity index (χ3n) is 6.10. The SMILES string of the molecule is CC(=O)Nc1ccc(-c2nc(C(F)(F)F)n3c2CN(C(=O)C[C@H](N)Cc2cc(F)c(F)cc2F)CC3)cc1.O=P(O)(O)O. The number of aromatic nitrogens is 2. The molecule has 3 aromatic rings. The number of fused-ring (bicyclic) bond motifs is 1. The molecule has 2 heterocycles. The van der Waals surface area contributed by atoms with E-state index in [1.807, 2.05) is 0 Å². The van der Waals surface area contributed by atoms with Gasteiger partial charge in [-0.05, 0) is 30.2 Å². The summed E-state index contributed by atoms with van der Waals surface area (Å²) in [5.74, 6) is -5.49. The molecule has 6 N–H and O–H groups in total. The van der Waals surface area contributed by atoms with Crippen LogP contribution < -0.4 is 11.1 Å². The van der Waals surface area contributed by atoms with Crippen LogP contribution in [0.5, 0.6) is 0 Å². The predicted molar refractivity (Wildman–Crippen MR) is 139 cm³/mol. The van der Waals surface area contributed by atoms with Crippen molar-refractivity contribution in [1.29, 1.82) is 0 Å². The summed E-state index contributed by atoms with van der Waals surface area (Å²) < 4.78 is 91.7. The fraction of sp³-hybridized carbons (Fsp3) is 0.320. The van der Waals surface area contributed by atoms with Crippen LogP contribution in [-0.4, -0.2) is 53.5 Å². The standard InChI is InChI=1S/C25H23F6N5O2.H3O4P/c1-13(37)33-17-4-2-14(3-5-17)23-21-12-35(6-7-36(21)24(34-23)25(29,30)31)22(38)10-16(32)8-15-9-19(27)20(28)11-18(15)26;1-5(2,3)4/h2-5,9,11,16H,6-8,10,12,32H2,1H3,(H,33,37);(H3,1,2,3,4)/t16-;/m1./s1. The molecule has 2 amide bonds. The zero-order valence-electron chi connectivity index (χ0n) is 22.3. The molecule has 4 rings (SSSR count). The Morgan fingerprint density at radius 3 is 2.19 bits per heavy atom. The maximum atomic E-state index is 14.0. The maximum absolute atomic E-state index is 14.0. The second-order valence-corrected chi connectivity index (χ2v) is 10.5. The minimum Gasteiger partial charge on any atom is -0.335 e. The van der Waals surface area contributed by atoms with E-state index in [1.54, 1.807) is 0 Å². The van der Waals surface area contributed by atoms with E-state index in [0.717, 1.165) is 4.57 Å². The van der Waals surface area contributed by atoms with E-state index in [4.69, 9.17) is 25.0 Å². The van der Waals surface area contributed by atoms with E-state index in [-0.39, 0.29) is 55.3 Å². The molecule has 0 bridgehead atoms. The number of hydrogen-bond acceptors (Lipinski definition) is 5. The van der Waals surface area contributed by atoms with Gasteiger partial charge in [0.1, 0.15) is 5.82 Å². The van der Waals surface area contributed by atoms with Crippen molar-refractivity contribution >= 4 is 25.3 Å². The van der Waals surface area contributed by atoms with Gasteiger partial charge in [-0.2, -0.15) is 13.2 Å². The molecule has 0 saturated carbocycles. The van der Waals surface area contributed by atoms with Gasteiger partial charge in [-0.25, -0.2) is 22.7 Å². The molecular weight excluding hydrogens is 611 g/mol. The summed E-state index contributed by atoms with van der Waals surface area (Å²) in [4.78, 5) is 50.9. The minimum atomic E-state index is -4.73. The number of nitrogens with two attached hydrogens (primary N) is 1. The van der Waals surface area contributed by atoms with Gasteiger partial charge >= 0.3 is 14.0 Å². The van der Waals surface area contributed by atoms with Gasteiger partial charge in [-0.3, -0.25) is 9.59 Å². The van der Waals surface area contributed by atoms with Crippen molar-refractivity contribution in [3.05, 3.63) is 70.9 Å². The zero-order valence-corrected chi connectivity index (χ0v) is 23.2. The highest BCUT2D eigenvalue weighted by Gasteiger charge is 2.40. The number of benzene rings is 2. The molecule has 1 atom stereocenters. The molecule has 0 radical (unpaired) electrons. The summed E-state index contributed by atoms with van der Waals surface area (Å²) in [5, 5.41) is 2.57. The van der Waals surface area contributed by atoms with Crippen molar-refractivity contribution in [2.75, 3.05) is 11.9 Å². The number of carbonyl (C=O) groups excluding carboxylic acids is 2. The van der Waals surface area contributed by atoms with Gasteiger partial charge in [0.15, 0.2) is 11.6 Å². The van der Waals surface area contributed by atoms with Crippen molar-refractivity contribution in [1.82, 2.24) is 14.5 Å². The first kappa shape index (κ1) is 33.7. The van der Waals surface area contributed by atoms with Crippen LogP contribution in [0.4, 0.5) is 32.0 Å². The van der Waals surface area contributed by atoms with Gasteiger partial charge < -0.3 is 35.2 Å². The Morgan fingerprint density at radius 2 is 1.63 bits per heavy atom. The van der Waals surface area contributed by atoms with Crippen LogP contribution in [0, 0.1) is 17.5 Å². The molecule has 0 spiro atoms. The van der Waals surface area contributed by atoms with Gasteiger partial charge in [-0.15, -0.1) is 0 Å². The molecule has 11 nitrogen and oxygen atoms in total. The normalized spacial score (nSPS) is 14.0. The summed E-state index contributed by atoms with van der Waals surface area (Å²) in [7, 11) is -4.64. The third kappa shape index (κ3) is 9.36. The highest BCUT2D eigenvalue weighted by molar-refractivity contribution is 7.45. The Kier molecular flexibility index (Phi) is 10.4. The molecule has 0 aliphatic carbocycles. The van der Waals surface area contributed by atoms with Crippen LogP contribution >= 0.6 is 7.82 Å². The molecule has 1 aromatic heterocycles. The van der Waals surface area contributed by atoms with Gasteiger partial charge in [0.05, 0.1) is 17.9 Å². The van der Waals surface area contributed by atoms with E-state index in [9.17, 15) is 35.9 Å². The lowest BCUT2D eigenvalue weighted by Crippen LogP contribution is -2.42. The lowest BCUT2D eigenvalue weighted by atomic mass is 10.0. The molecule has 1 aliphatic rings. The first-order valence-corrected chi connectivity index (χ1v) is 13.9. The summed E-state index contributed by atoms with van der Waals surface area (Å²) >= 11 is 0. The number of anilines is 1. The van der Waals surface area contributed by atoms with Crippen molar-refractivity contribution in [3.63, 3.8) is 0 Å². The monoisotopic (exact) mass is 637 g/mol. The quantitative estimate of drug-likeness (QED) is 0.156. The van der Waals surface area contributed by atoms with Gasteiger partial charge in [0, 0.05) is 49.8 Å². The first-order valence-electron chi connectivity index (χ1n) is 12.3. The summed E-state index contributed by atoms with van der Waals surface area (Å²) in [6, 6.07) is 6.21. The van der Waals surface area contributed by atoms with Crippen molar-refractivity contribution in [2.24, 2.45) is 5.73 Å². The Morgan fingerprint density at radius 1 is 1.05 bits per heavy atom. The van der Waals surface area contributed by atoms with Gasteiger partial charge in [0.2, 0.25) is 17.6 Å². The highest BCUT2D eigenvalue weighted by atomic mass is 31.2. The van der Waals surface area contributed by atoms with Gasteiger partial charge in [0.25, 0.3) is 0 Å². The lowest BCUT2D eigenvalue weighted by Gasteiger charge is -2.30. The minimum absolute atomic E-state index is 0.0392. The molecule has 2 aromatic carbocycles. The number of carbonyl (C=O) groups is 2. The van der Waals surface area contributed by atoms with E-state index < -0.39 is 49.2 Å². The summed E-state index contributed by atoms with van der Waals surface area (Å²) in [6.45, 7) is 0.927. The summed E-state index contributed by atoms with van der Waals surface area (Å²) in [5.41, 5.74) is 6.80. The number of imidazole rings is 1. The number of alkyl halides is 3. The Balaban J connectivity index is 0.000000934. The molecule has 18 heteroatoms. The van der Waals surface area contributed by atoms with E-state index in [0.29, 0.717) is 23.4 Å². The fourth-order valence-corrected chi connectivity index (χ4v) is 4.37. The van der Waals surface area contributed by atoms with Crippen LogP contribution in [0.2, 0.25) is 0 Å². The lowest BCUT2D eigenvalue weighted by molar-refractivity contribution is -0.148. The van der Waals surface area contributed by atoms with Crippen LogP contribution in [0.3, 0.4) is 0 Å². The maximum Gasteiger partial charge on any atom is 0.466 e. The molecule has 234 valence electrons. The Labute approximate surface area is 240 Å². The average Bonchev–Trinajstić information content (AvgIpc) is 3.26. The fourth-order valence-electron chi connectivity index (χ4n) is 4.37. The largest absolute Gasteiger partial charge is 0.466 e. The second-order valence-electron chi connectivity index (χ2n) is 9.49. The van der Waals surface area contributed by atoms with E-state index >= 15 is 0 Å². The van der Waals surface area contributed by atoms with Crippen molar-refractivity contribution in [3.8, 4) is 11.3 Å². The smallest absolute Gasteiger partial charge is 0.335 e. The molecule has 1 aliphatic heterocycles. The van der Waals surface area contributed by atoms with Crippen LogP contribution in [-0.2, 0) is 39.8 Å². The molecule has 0 fully saturated rings. The topological polar surface area (TPSA) is 171 Å². The van der Waals surface area contributed by atoms with Crippen LogP contribution in [0.15, 0.2) is 36.4 Å². The second kappa shape index (κ2) is 13.3. The molecule has 43 heavy (non-hydrogen) atoms. The van der Waals surface area contributed by atoms with E-state index in [1.165, 1.54) is 36.1 Å². The van der Waals surface area contributed by atoms with Crippen molar-refractivity contribution < 1.29 is 55.2 Å². The average molecular weight is 637 g/mol. The number of nitrogens with zero attached hydrogens (tertiary/aromatic N) is 3. The summed E-state index contributed by atoms with van der Waals surface area (Å²) in [6.07, 6.45) is -5.27. The van der Waals surface area contributed by atoms with Crippen LogP contribution in [0.25, 0.3) is 11.3 Å². The zero-order chi connectivity index (χ0) is 32.3. The number of halogens is 6. The molecule has 0 saturated heterocycles. The number of phosphoric acid groups is 1. The van der Waals surface area contributed by atoms with Crippen molar-refractivity contribution in [2.45, 2.75) is 45.1 Å². The van der Waals surface area contributed by atoms with E-state index in [2.05, 4.69) is 10.3 Å². The Bertz CT molecular complexity index is 1530. The van der Waals surface area contributed by atoms with Gasteiger partial charge in [-0.1, -0.05) is 12.1 Å². The number of hydrogen-bond donors (Lipinski definition) is 5. The highest BCUT2D eigenvalue weighted by Crippen LogP contribution is 2.36.